The smallest absolute Gasteiger partial charge is 0.321 e. The quantitative estimate of drug-likeness (QED) is 0.688. The molecule has 0 aliphatic carbocycles. The molecule has 0 saturated carbocycles. The van der Waals surface area contributed by atoms with Crippen LogP contribution in [0.2, 0.25) is 0 Å². The van der Waals surface area contributed by atoms with Gasteiger partial charge in [0.25, 0.3) is 5.91 Å². The van der Waals surface area contributed by atoms with Crippen LogP contribution in [-0.2, 0) is 18.3 Å². The lowest BCUT2D eigenvalue weighted by Gasteiger charge is -2.46. The first kappa shape index (κ1) is 23.8. The van der Waals surface area contributed by atoms with Gasteiger partial charge in [0.2, 0.25) is 0 Å². The molecule has 11 nitrogen and oxygen atoms in total. The highest BCUT2D eigenvalue weighted by Gasteiger charge is 2.41. The van der Waals surface area contributed by atoms with E-state index in [1.54, 1.807) is 17.1 Å². The predicted octanol–water partition coefficient (Wildman–Crippen LogP) is 2.21. The largest absolute Gasteiger partial charge is 0.381 e. The molecule has 0 spiro atoms. The average molecular weight is 485 g/mol. The van der Waals surface area contributed by atoms with E-state index in [0.29, 0.717) is 36.6 Å². The van der Waals surface area contributed by atoms with Crippen LogP contribution in [0.3, 0.4) is 0 Å². The van der Waals surface area contributed by atoms with Crippen LogP contribution in [-0.4, -0.2) is 91.3 Å². The first-order valence-electron chi connectivity index (χ1n) is 12.6. The first-order valence-corrected chi connectivity index (χ1v) is 12.6. The van der Waals surface area contributed by atoms with Crippen LogP contribution in [0.25, 0.3) is 0 Å². The monoisotopic (exact) mass is 484 g/mol. The van der Waals surface area contributed by atoms with Gasteiger partial charge >= 0.3 is 6.03 Å². The third-order valence-electron chi connectivity index (χ3n) is 7.72. The molecule has 2 fully saturated rings. The molecule has 2 N–H and O–H groups in total. The summed E-state index contributed by atoms with van der Waals surface area (Å²) < 4.78 is 7.23. The standard InChI is InChI=1S/C24H36N8O3/c1-15-10-31(16(2)9-30(15)11-18-5-7-35-8-6-18)24(34)32-12-19-21(17(32)3)27-28-22(19)26-23(33)20-13-29(4)14-25-20/h13-18H,5-12H2,1-4H3,(H2,26,27,28,33)/t15-,16+,17?/m1/s1. The lowest BCUT2D eigenvalue weighted by molar-refractivity contribution is 0.0127. The van der Waals surface area contributed by atoms with Gasteiger partial charge < -0.3 is 24.4 Å². The molecule has 5 rings (SSSR count). The fraction of sp³-hybridized carbons (Fsp3) is 0.667. The zero-order valence-corrected chi connectivity index (χ0v) is 21.0. The van der Waals surface area contributed by atoms with Crippen LogP contribution >= 0.6 is 0 Å². The van der Waals surface area contributed by atoms with E-state index in [4.69, 9.17) is 4.74 Å². The van der Waals surface area contributed by atoms with E-state index < -0.39 is 0 Å². The van der Waals surface area contributed by atoms with Crippen molar-refractivity contribution in [2.45, 2.75) is 58.3 Å². The summed E-state index contributed by atoms with van der Waals surface area (Å²) in [4.78, 5) is 36.8. The number of hydrogen-bond acceptors (Lipinski definition) is 6. The van der Waals surface area contributed by atoms with Crippen LogP contribution in [0.15, 0.2) is 12.5 Å². The zero-order chi connectivity index (χ0) is 24.7. The lowest BCUT2D eigenvalue weighted by Crippen LogP contribution is -2.60. The number of piperazine rings is 1. The molecular formula is C24H36N8O3. The number of hydrogen-bond donors (Lipinski definition) is 2. The number of aryl methyl sites for hydroxylation is 1. The van der Waals surface area contributed by atoms with Crippen molar-refractivity contribution in [3.63, 3.8) is 0 Å². The minimum absolute atomic E-state index is 0.0363. The summed E-state index contributed by atoms with van der Waals surface area (Å²) in [6.07, 6.45) is 5.48. The van der Waals surface area contributed by atoms with Gasteiger partial charge in [-0.2, -0.15) is 5.10 Å². The number of fused-ring (bicyclic) bond motifs is 1. The molecule has 11 heteroatoms. The Bertz CT molecular complexity index is 1070. The van der Waals surface area contributed by atoms with E-state index in [-0.39, 0.29) is 24.0 Å². The van der Waals surface area contributed by atoms with Gasteiger partial charge in [-0.1, -0.05) is 0 Å². The third-order valence-corrected chi connectivity index (χ3v) is 7.72. The van der Waals surface area contributed by atoms with Crippen LogP contribution in [0, 0.1) is 5.92 Å². The van der Waals surface area contributed by atoms with Crippen molar-refractivity contribution >= 4 is 17.8 Å². The Labute approximate surface area is 205 Å². The number of ether oxygens (including phenoxy) is 1. The number of carbonyl (C=O) groups is 2. The number of nitrogens with one attached hydrogen (secondary N) is 2. The Kier molecular flexibility index (Phi) is 6.54. The fourth-order valence-corrected chi connectivity index (χ4v) is 5.53. The van der Waals surface area contributed by atoms with E-state index in [1.807, 2.05) is 23.8 Å². The summed E-state index contributed by atoms with van der Waals surface area (Å²) >= 11 is 0. The lowest BCUT2D eigenvalue weighted by atomic mass is 9.97. The molecule has 0 bridgehead atoms. The number of carbonyl (C=O) groups excluding carboxylic acids is 2. The van der Waals surface area contributed by atoms with Gasteiger partial charge in [0.05, 0.1) is 24.6 Å². The molecule has 3 amide bonds. The molecule has 3 aliphatic rings. The van der Waals surface area contributed by atoms with Crippen molar-refractivity contribution in [1.82, 2.24) is 34.4 Å². The molecule has 5 heterocycles. The van der Waals surface area contributed by atoms with Gasteiger partial charge in [0, 0.05) is 63.7 Å². The highest BCUT2D eigenvalue weighted by molar-refractivity contribution is 6.02. The second-order valence-corrected chi connectivity index (χ2v) is 10.3. The Morgan fingerprint density at radius 2 is 1.91 bits per heavy atom. The fourth-order valence-electron chi connectivity index (χ4n) is 5.53. The van der Waals surface area contributed by atoms with Crippen molar-refractivity contribution in [2.24, 2.45) is 13.0 Å². The van der Waals surface area contributed by atoms with Crippen molar-refractivity contribution < 1.29 is 14.3 Å². The molecule has 1 unspecified atom stereocenters. The second kappa shape index (κ2) is 9.62. The number of rotatable bonds is 4. The number of H-pyrrole nitrogens is 1. The molecule has 2 aromatic rings. The van der Waals surface area contributed by atoms with Crippen molar-refractivity contribution in [3.8, 4) is 0 Å². The number of amides is 3. The summed E-state index contributed by atoms with van der Waals surface area (Å²) in [6.45, 7) is 11.2. The number of anilines is 1. The minimum Gasteiger partial charge on any atom is -0.381 e. The van der Waals surface area contributed by atoms with Crippen LogP contribution in [0.1, 0.15) is 61.4 Å². The maximum absolute atomic E-state index is 13.7. The van der Waals surface area contributed by atoms with Crippen molar-refractivity contribution in [3.05, 3.63) is 29.5 Å². The summed E-state index contributed by atoms with van der Waals surface area (Å²) in [5.74, 6) is 0.817. The normalized spacial score (nSPS) is 25.7. The molecule has 190 valence electrons. The molecule has 3 atom stereocenters. The molecule has 0 radical (unpaired) electrons. The molecule has 2 aromatic heterocycles. The maximum atomic E-state index is 13.7. The molecule has 2 saturated heterocycles. The summed E-state index contributed by atoms with van der Waals surface area (Å²) in [6, 6.07) is 0.331. The predicted molar refractivity (Wildman–Crippen MR) is 130 cm³/mol. The Morgan fingerprint density at radius 1 is 1.14 bits per heavy atom. The van der Waals surface area contributed by atoms with Crippen LogP contribution in [0.5, 0.6) is 0 Å². The van der Waals surface area contributed by atoms with E-state index in [0.717, 1.165) is 50.4 Å². The average Bonchev–Trinajstić information content (AvgIpc) is 3.53. The summed E-state index contributed by atoms with van der Waals surface area (Å²) in [5.41, 5.74) is 2.05. The van der Waals surface area contributed by atoms with Crippen molar-refractivity contribution in [1.29, 1.82) is 0 Å². The number of aromatic amines is 1. The van der Waals surface area contributed by atoms with Gasteiger partial charge in [0.15, 0.2) is 5.82 Å². The SMILES string of the molecule is CC1c2[nH]nc(NC(=O)c3cn(C)cn3)c2CN1C(=O)N1C[C@@H](C)N(CC2CCOCC2)C[C@@H]1C. The van der Waals surface area contributed by atoms with Gasteiger partial charge in [-0.15, -0.1) is 0 Å². The number of imidazole rings is 1. The number of aromatic nitrogens is 4. The number of nitrogens with zero attached hydrogens (tertiary/aromatic N) is 6. The van der Waals surface area contributed by atoms with Crippen LogP contribution < -0.4 is 5.32 Å². The Hall–Kier alpha value is -2.92. The van der Waals surface area contributed by atoms with E-state index in [1.165, 1.54) is 0 Å². The summed E-state index contributed by atoms with van der Waals surface area (Å²) in [7, 11) is 1.81. The third kappa shape index (κ3) is 4.66. The minimum atomic E-state index is -0.319. The molecule has 35 heavy (non-hydrogen) atoms. The van der Waals surface area contributed by atoms with E-state index in [9.17, 15) is 9.59 Å². The van der Waals surface area contributed by atoms with Crippen LogP contribution in [0.4, 0.5) is 10.6 Å². The van der Waals surface area contributed by atoms with E-state index in [2.05, 4.69) is 39.2 Å². The Morgan fingerprint density at radius 3 is 2.63 bits per heavy atom. The van der Waals surface area contributed by atoms with Gasteiger partial charge in [-0.25, -0.2) is 9.78 Å². The first-order chi connectivity index (χ1) is 16.8. The topological polar surface area (TPSA) is 112 Å². The number of urea groups is 1. The summed E-state index contributed by atoms with van der Waals surface area (Å²) in [5, 5.41) is 10.2. The maximum Gasteiger partial charge on any atom is 0.321 e. The second-order valence-electron chi connectivity index (χ2n) is 10.3. The molecular weight excluding hydrogens is 448 g/mol. The zero-order valence-electron chi connectivity index (χ0n) is 21.0. The highest BCUT2D eigenvalue weighted by atomic mass is 16.5. The van der Waals surface area contributed by atoms with Crippen molar-refractivity contribution in [2.75, 3.05) is 38.2 Å². The van der Waals surface area contributed by atoms with Gasteiger partial charge in [0.1, 0.15) is 5.69 Å². The van der Waals surface area contributed by atoms with Gasteiger partial charge in [-0.05, 0) is 39.5 Å². The Balaban J connectivity index is 1.23. The highest BCUT2D eigenvalue weighted by Crippen LogP contribution is 2.37. The molecule has 0 aromatic carbocycles. The molecule has 3 aliphatic heterocycles. The van der Waals surface area contributed by atoms with E-state index >= 15 is 0 Å². The van der Waals surface area contributed by atoms with Gasteiger partial charge in [-0.3, -0.25) is 14.8 Å².